The standard InChI is InChI=1S/C38H49N5O10S/c1-6-24-20-38(24,35(47)42-54(49,50)27-11-12-27)41-32(45)30-19-26(52-33-28-13-10-25(51-5)18-23(28)16-17-39-33)21-43(30)34(46)29(40-36(48)53-37(2,3)4)14-15-31(44)22-8-7-9-22/h8,10,13,16-18,24,26-27,29-30H,6-7,9,11-12,14-15,19-21H2,1-5H3,(H,40,48)(H,41,45)(H,42,47). The van der Waals surface area contributed by atoms with Gasteiger partial charge in [-0.15, -0.1) is 0 Å². The number of fused-ring (bicyclic) bond motifs is 1. The lowest BCUT2D eigenvalue weighted by Crippen LogP contribution is -2.58. The molecule has 2 heterocycles. The molecule has 3 aliphatic carbocycles. The number of nitrogens with zero attached hydrogens (tertiary/aromatic N) is 2. The summed E-state index contributed by atoms with van der Waals surface area (Å²) in [5.41, 5.74) is -1.68. The van der Waals surface area contributed by atoms with E-state index in [0.717, 1.165) is 11.8 Å². The number of alkyl carbamates (subject to hydrolysis) is 1. The molecule has 54 heavy (non-hydrogen) atoms. The number of pyridine rings is 1. The van der Waals surface area contributed by atoms with E-state index >= 15 is 0 Å². The van der Waals surface area contributed by atoms with Crippen molar-refractivity contribution in [3.63, 3.8) is 0 Å². The molecule has 2 aromatic rings. The molecule has 4 amide bonds. The first kappa shape index (κ1) is 39.0. The first-order valence-corrected chi connectivity index (χ1v) is 20.1. The van der Waals surface area contributed by atoms with Crippen molar-refractivity contribution >= 4 is 50.4 Å². The first-order chi connectivity index (χ1) is 25.5. The summed E-state index contributed by atoms with van der Waals surface area (Å²) in [4.78, 5) is 74.0. The topological polar surface area (TPSA) is 199 Å². The molecule has 292 valence electrons. The molecule has 5 atom stereocenters. The fourth-order valence-electron chi connectivity index (χ4n) is 7.06. The van der Waals surface area contributed by atoms with Crippen LogP contribution < -0.4 is 24.8 Å². The number of amides is 4. The summed E-state index contributed by atoms with van der Waals surface area (Å²) in [7, 11) is -2.33. The summed E-state index contributed by atoms with van der Waals surface area (Å²) in [6.45, 7) is 6.79. The number of likely N-dealkylation sites (tertiary alicyclic amines) is 1. The average molecular weight is 768 g/mol. The van der Waals surface area contributed by atoms with E-state index in [2.05, 4.69) is 20.3 Å². The number of allylic oxidation sites excluding steroid dienone is 2. The molecule has 1 aromatic heterocycles. The maximum Gasteiger partial charge on any atom is 0.408 e. The molecule has 1 saturated heterocycles. The van der Waals surface area contributed by atoms with Gasteiger partial charge in [0.2, 0.25) is 27.7 Å². The molecule has 1 aliphatic heterocycles. The van der Waals surface area contributed by atoms with E-state index in [9.17, 15) is 32.4 Å². The lowest BCUT2D eigenvalue weighted by Gasteiger charge is -2.30. The molecular formula is C38H49N5O10S. The van der Waals surface area contributed by atoms with Crippen molar-refractivity contribution in [3.05, 3.63) is 42.1 Å². The van der Waals surface area contributed by atoms with Crippen LogP contribution in [0.5, 0.6) is 11.6 Å². The number of carbonyl (C=O) groups excluding carboxylic acids is 5. The van der Waals surface area contributed by atoms with Crippen LogP contribution in [0.3, 0.4) is 0 Å². The Morgan fingerprint density at radius 3 is 2.46 bits per heavy atom. The lowest BCUT2D eigenvalue weighted by molar-refractivity contribution is -0.141. The Morgan fingerprint density at radius 2 is 1.85 bits per heavy atom. The fourth-order valence-corrected chi connectivity index (χ4v) is 8.43. The number of rotatable bonds is 15. The Morgan fingerprint density at radius 1 is 1.11 bits per heavy atom. The Balaban J connectivity index is 1.28. The van der Waals surface area contributed by atoms with Crippen molar-refractivity contribution in [3.8, 4) is 11.6 Å². The van der Waals surface area contributed by atoms with E-state index < -0.39 is 68.4 Å². The van der Waals surface area contributed by atoms with Gasteiger partial charge in [-0.1, -0.05) is 19.4 Å². The molecule has 0 bridgehead atoms. The highest BCUT2D eigenvalue weighted by Crippen LogP contribution is 2.47. The lowest BCUT2D eigenvalue weighted by atomic mass is 9.92. The van der Waals surface area contributed by atoms with Gasteiger partial charge in [0.15, 0.2) is 5.78 Å². The van der Waals surface area contributed by atoms with E-state index in [-0.39, 0.29) is 49.8 Å². The molecule has 3 N–H and O–H groups in total. The zero-order valence-corrected chi connectivity index (χ0v) is 32.1. The van der Waals surface area contributed by atoms with E-state index in [4.69, 9.17) is 14.2 Å². The largest absolute Gasteiger partial charge is 0.497 e. The number of methoxy groups -OCH3 is 1. The van der Waals surface area contributed by atoms with Gasteiger partial charge in [0.25, 0.3) is 5.91 Å². The minimum Gasteiger partial charge on any atom is -0.497 e. The van der Waals surface area contributed by atoms with Crippen LogP contribution in [0, 0.1) is 5.92 Å². The third-order valence-electron chi connectivity index (χ3n) is 10.4. The predicted octanol–water partition coefficient (Wildman–Crippen LogP) is 3.45. The minimum absolute atomic E-state index is 0.00830. The summed E-state index contributed by atoms with van der Waals surface area (Å²) in [6.07, 6.45) is 4.80. The molecule has 16 heteroatoms. The van der Waals surface area contributed by atoms with Gasteiger partial charge >= 0.3 is 6.09 Å². The number of benzene rings is 1. The van der Waals surface area contributed by atoms with Crippen molar-refractivity contribution in [2.24, 2.45) is 5.92 Å². The number of sulfonamides is 1. The molecular weight excluding hydrogens is 719 g/mol. The van der Waals surface area contributed by atoms with Gasteiger partial charge in [0, 0.05) is 24.4 Å². The van der Waals surface area contributed by atoms with Crippen LogP contribution in [0.2, 0.25) is 0 Å². The molecule has 0 spiro atoms. The minimum atomic E-state index is -3.89. The van der Waals surface area contributed by atoms with Crippen molar-refractivity contribution in [1.82, 2.24) is 25.2 Å². The Labute approximate surface area is 315 Å². The molecule has 0 radical (unpaired) electrons. The van der Waals surface area contributed by atoms with E-state index in [0.29, 0.717) is 42.4 Å². The number of Topliss-reactive ketones (excluding diaryl/α,β-unsaturated/α-hetero) is 1. The van der Waals surface area contributed by atoms with Crippen molar-refractivity contribution in [1.29, 1.82) is 0 Å². The summed E-state index contributed by atoms with van der Waals surface area (Å²) in [5.74, 6) is -1.67. The molecule has 1 aromatic carbocycles. The molecule has 3 fully saturated rings. The Hall–Kier alpha value is -4.73. The Kier molecular flexibility index (Phi) is 11.0. The van der Waals surface area contributed by atoms with E-state index in [1.165, 1.54) is 4.90 Å². The molecule has 15 nitrogen and oxygen atoms in total. The number of ketones is 1. The second-order valence-corrected chi connectivity index (χ2v) is 17.5. The summed E-state index contributed by atoms with van der Waals surface area (Å²) in [5, 5.41) is 6.28. The number of ether oxygens (including phenoxy) is 3. The van der Waals surface area contributed by atoms with Crippen molar-refractivity contribution < 1.29 is 46.6 Å². The van der Waals surface area contributed by atoms with Crippen LogP contribution in [0.15, 0.2) is 42.1 Å². The van der Waals surface area contributed by atoms with Gasteiger partial charge < -0.3 is 29.7 Å². The van der Waals surface area contributed by atoms with Crippen LogP contribution in [0.4, 0.5) is 4.79 Å². The zero-order valence-electron chi connectivity index (χ0n) is 31.3. The summed E-state index contributed by atoms with van der Waals surface area (Å²) >= 11 is 0. The zero-order chi connectivity index (χ0) is 39.0. The number of nitrogens with one attached hydrogen (secondary N) is 3. The predicted molar refractivity (Wildman–Crippen MR) is 197 cm³/mol. The van der Waals surface area contributed by atoms with Gasteiger partial charge in [-0.3, -0.25) is 23.9 Å². The van der Waals surface area contributed by atoms with Crippen LogP contribution >= 0.6 is 0 Å². The second-order valence-electron chi connectivity index (χ2n) is 15.6. The molecule has 4 aliphatic rings. The van der Waals surface area contributed by atoms with Crippen LogP contribution in [-0.4, -0.2) is 96.1 Å². The SMILES string of the molecule is CCC1CC1(NC(=O)C1CC(Oc2nccc3cc(OC)ccc23)CN1C(=O)C(CCC(=O)C1=CCC1)NC(=O)OC(C)(C)C)C(=O)NS(=O)(=O)C1CC1. The summed E-state index contributed by atoms with van der Waals surface area (Å²) in [6, 6.07) is 4.75. The maximum absolute atomic E-state index is 14.5. The fraction of sp³-hybridized carbons (Fsp3) is 0.579. The number of hydrogen-bond acceptors (Lipinski definition) is 11. The second kappa shape index (κ2) is 15.2. The number of carbonyl (C=O) groups is 5. The van der Waals surface area contributed by atoms with Gasteiger partial charge in [-0.25, -0.2) is 18.2 Å². The monoisotopic (exact) mass is 767 g/mol. The van der Waals surface area contributed by atoms with E-state index in [1.54, 1.807) is 52.3 Å². The molecule has 2 saturated carbocycles. The highest BCUT2D eigenvalue weighted by Gasteiger charge is 2.62. The highest BCUT2D eigenvalue weighted by atomic mass is 32.2. The van der Waals surface area contributed by atoms with Crippen LogP contribution in [0.25, 0.3) is 10.8 Å². The van der Waals surface area contributed by atoms with E-state index in [1.807, 2.05) is 19.1 Å². The maximum atomic E-state index is 14.5. The first-order valence-electron chi connectivity index (χ1n) is 18.5. The van der Waals surface area contributed by atoms with Crippen molar-refractivity contribution in [2.75, 3.05) is 13.7 Å². The Bertz CT molecular complexity index is 1970. The average Bonchev–Trinajstić information content (AvgIpc) is 4.01. The normalized spacial score (nSPS) is 24.1. The van der Waals surface area contributed by atoms with Gasteiger partial charge in [0.05, 0.1) is 18.9 Å². The third-order valence-corrected chi connectivity index (χ3v) is 12.2. The van der Waals surface area contributed by atoms with Gasteiger partial charge in [-0.05, 0) is 100 Å². The van der Waals surface area contributed by atoms with Crippen molar-refractivity contribution in [2.45, 2.75) is 120 Å². The third kappa shape index (κ3) is 8.63. The number of aromatic nitrogens is 1. The summed E-state index contributed by atoms with van der Waals surface area (Å²) < 4.78 is 44.8. The van der Waals surface area contributed by atoms with Gasteiger partial charge in [-0.2, -0.15) is 0 Å². The molecule has 6 rings (SSSR count). The smallest absolute Gasteiger partial charge is 0.408 e. The number of hydrogen-bond donors (Lipinski definition) is 3. The van der Waals surface area contributed by atoms with Gasteiger partial charge in [0.1, 0.15) is 35.1 Å². The highest BCUT2D eigenvalue weighted by molar-refractivity contribution is 7.91. The van der Waals surface area contributed by atoms with Crippen LogP contribution in [0.1, 0.15) is 85.5 Å². The van der Waals surface area contributed by atoms with Crippen LogP contribution in [-0.2, 0) is 33.9 Å². The molecule has 5 unspecified atom stereocenters. The quantitative estimate of drug-likeness (QED) is 0.240.